The zero-order chi connectivity index (χ0) is 14.5. The van der Waals surface area contributed by atoms with Crippen molar-refractivity contribution >= 4 is 18.4 Å². The van der Waals surface area contributed by atoms with Gasteiger partial charge in [-0.2, -0.15) is 14.9 Å². The fourth-order valence-corrected chi connectivity index (χ4v) is 1.90. The Kier molecular flexibility index (Phi) is 4.68. The molecule has 0 bridgehead atoms. The number of nitrogens with one attached hydrogen (secondary N) is 1. The van der Waals surface area contributed by atoms with Gasteiger partial charge in [-0.15, -0.1) is 0 Å². The molecule has 0 spiro atoms. The second-order valence-electron chi connectivity index (χ2n) is 4.59. The Hall–Kier alpha value is -1.95. The van der Waals surface area contributed by atoms with Crippen molar-refractivity contribution in [1.82, 2.24) is 14.9 Å². The van der Waals surface area contributed by atoms with E-state index in [4.69, 9.17) is 17.0 Å². The summed E-state index contributed by atoms with van der Waals surface area (Å²) in [4.78, 5) is 0. The van der Waals surface area contributed by atoms with Gasteiger partial charge in [0, 0.05) is 6.42 Å². The minimum Gasteiger partial charge on any atom is -0.491 e. The van der Waals surface area contributed by atoms with E-state index in [0.29, 0.717) is 4.77 Å². The van der Waals surface area contributed by atoms with E-state index in [2.05, 4.69) is 15.3 Å². The molecule has 0 aliphatic rings. The quantitative estimate of drug-likeness (QED) is 0.679. The maximum atomic E-state index is 5.59. The fraction of sp³-hybridized carbons (Fsp3) is 0.357. The number of aromatic amines is 1. The lowest BCUT2D eigenvalue weighted by Gasteiger charge is -2.09. The molecule has 0 radical (unpaired) electrons. The van der Waals surface area contributed by atoms with E-state index in [9.17, 15) is 0 Å². The van der Waals surface area contributed by atoms with Crippen LogP contribution in [0.3, 0.4) is 0 Å². The second kappa shape index (κ2) is 6.47. The van der Waals surface area contributed by atoms with Crippen molar-refractivity contribution in [3.05, 3.63) is 40.4 Å². The molecule has 0 saturated heterocycles. The van der Waals surface area contributed by atoms with Gasteiger partial charge >= 0.3 is 0 Å². The standard InChI is InChI=1S/C14H18N4OS/c1-4-13-16-17-14(20)18(13)15-9-11-5-7-12(8-6-11)19-10(2)3/h5-10H,4H2,1-3H3,(H,17,20)/b15-9+. The molecular weight excluding hydrogens is 272 g/mol. The molecule has 106 valence electrons. The Morgan fingerprint density at radius 2 is 2.10 bits per heavy atom. The molecule has 0 aliphatic heterocycles. The van der Waals surface area contributed by atoms with Gasteiger partial charge < -0.3 is 4.74 Å². The summed E-state index contributed by atoms with van der Waals surface area (Å²) in [6.45, 7) is 6.01. The molecule has 5 nitrogen and oxygen atoms in total. The van der Waals surface area contributed by atoms with Crippen LogP contribution in [0.1, 0.15) is 32.2 Å². The summed E-state index contributed by atoms with van der Waals surface area (Å²) in [5.41, 5.74) is 0.978. The van der Waals surface area contributed by atoms with Gasteiger partial charge in [-0.25, -0.2) is 0 Å². The van der Waals surface area contributed by atoms with Gasteiger partial charge in [-0.05, 0) is 55.9 Å². The number of benzene rings is 1. The van der Waals surface area contributed by atoms with Gasteiger partial charge in [0.1, 0.15) is 5.75 Å². The third kappa shape index (κ3) is 3.54. The molecule has 1 N–H and O–H groups in total. The summed E-state index contributed by atoms with van der Waals surface area (Å²) in [5.74, 6) is 1.66. The van der Waals surface area contributed by atoms with Crippen molar-refractivity contribution in [1.29, 1.82) is 0 Å². The van der Waals surface area contributed by atoms with E-state index in [1.54, 1.807) is 10.9 Å². The van der Waals surface area contributed by atoms with Gasteiger partial charge in [-0.1, -0.05) is 6.92 Å². The van der Waals surface area contributed by atoms with Crippen LogP contribution < -0.4 is 4.74 Å². The van der Waals surface area contributed by atoms with Gasteiger partial charge in [0.05, 0.1) is 12.3 Å². The highest BCUT2D eigenvalue weighted by atomic mass is 32.1. The van der Waals surface area contributed by atoms with Crippen LogP contribution in [0, 0.1) is 4.77 Å². The lowest BCUT2D eigenvalue weighted by atomic mass is 10.2. The van der Waals surface area contributed by atoms with Gasteiger partial charge in [0.25, 0.3) is 0 Å². The molecule has 1 heterocycles. The molecule has 0 amide bonds. The molecule has 0 saturated carbocycles. The molecule has 20 heavy (non-hydrogen) atoms. The van der Waals surface area contributed by atoms with Crippen LogP contribution in [-0.2, 0) is 6.42 Å². The van der Waals surface area contributed by atoms with Gasteiger partial charge in [0.15, 0.2) is 5.82 Å². The van der Waals surface area contributed by atoms with Gasteiger partial charge in [0.2, 0.25) is 4.77 Å². The highest BCUT2D eigenvalue weighted by Gasteiger charge is 2.01. The van der Waals surface area contributed by atoms with Crippen molar-refractivity contribution in [3.8, 4) is 5.75 Å². The molecular formula is C14H18N4OS. The molecule has 6 heteroatoms. The lowest BCUT2D eigenvalue weighted by Crippen LogP contribution is -2.05. The predicted molar refractivity (Wildman–Crippen MR) is 82.0 cm³/mol. The average Bonchev–Trinajstić information content (AvgIpc) is 2.78. The Labute approximate surface area is 123 Å². The molecule has 0 fully saturated rings. The van der Waals surface area contributed by atoms with E-state index in [-0.39, 0.29) is 6.10 Å². The molecule has 1 aromatic carbocycles. The van der Waals surface area contributed by atoms with E-state index >= 15 is 0 Å². The Balaban J connectivity index is 2.15. The van der Waals surface area contributed by atoms with Crippen LogP contribution >= 0.6 is 12.2 Å². The smallest absolute Gasteiger partial charge is 0.216 e. The van der Waals surface area contributed by atoms with Crippen molar-refractivity contribution in [2.45, 2.75) is 33.3 Å². The zero-order valence-corrected chi connectivity index (χ0v) is 12.6. The topological polar surface area (TPSA) is 55.2 Å². The lowest BCUT2D eigenvalue weighted by molar-refractivity contribution is 0.242. The Bertz CT molecular complexity index is 640. The molecule has 2 rings (SSSR count). The summed E-state index contributed by atoms with van der Waals surface area (Å²) < 4.78 is 7.72. The minimum atomic E-state index is 0.172. The number of aromatic nitrogens is 3. The largest absolute Gasteiger partial charge is 0.491 e. The van der Waals surface area contributed by atoms with Crippen LogP contribution in [0.4, 0.5) is 0 Å². The van der Waals surface area contributed by atoms with Crippen molar-refractivity contribution in [2.75, 3.05) is 0 Å². The third-order valence-electron chi connectivity index (χ3n) is 2.61. The first-order chi connectivity index (χ1) is 9.60. The van der Waals surface area contributed by atoms with Gasteiger partial charge in [-0.3, -0.25) is 5.10 Å². The van der Waals surface area contributed by atoms with E-state index in [0.717, 1.165) is 23.6 Å². The maximum absolute atomic E-state index is 5.59. The van der Waals surface area contributed by atoms with Crippen molar-refractivity contribution < 1.29 is 4.74 Å². The highest BCUT2D eigenvalue weighted by molar-refractivity contribution is 7.71. The molecule has 0 unspecified atom stereocenters. The van der Waals surface area contributed by atoms with E-state index < -0.39 is 0 Å². The summed E-state index contributed by atoms with van der Waals surface area (Å²) in [5, 5.41) is 11.2. The maximum Gasteiger partial charge on any atom is 0.216 e. The summed E-state index contributed by atoms with van der Waals surface area (Å²) >= 11 is 5.13. The fourth-order valence-electron chi connectivity index (χ4n) is 1.70. The molecule has 0 atom stereocenters. The summed E-state index contributed by atoms with van der Waals surface area (Å²) in [7, 11) is 0. The number of ether oxygens (including phenoxy) is 1. The van der Waals surface area contributed by atoms with Crippen LogP contribution in [0.2, 0.25) is 0 Å². The average molecular weight is 290 g/mol. The monoisotopic (exact) mass is 290 g/mol. The normalized spacial score (nSPS) is 11.4. The Morgan fingerprint density at radius 1 is 1.40 bits per heavy atom. The predicted octanol–water partition coefficient (Wildman–Crippen LogP) is 3.17. The number of hydrogen-bond donors (Lipinski definition) is 1. The van der Waals surface area contributed by atoms with Crippen molar-refractivity contribution in [2.24, 2.45) is 5.10 Å². The first-order valence-corrected chi connectivity index (χ1v) is 6.98. The molecule has 1 aromatic heterocycles. The number of hydrogen-bond acceptors (Lipinski definition) is 4. The Morgan fingerprint density at radius 3 is 2.70 bits per heavy atom. The van der Waals surface area contributed by atoms with E-state index in [1.165, 1.54) is 0 Å². The second-order valence-corrected chi connectivity index (χ2v) is 4.98. The summed E-state index contributed by atoms with van der Waals surface area (Å²) in [6, 6.07) is 7.76. The summed E-state index contributed by atoms with van der Waals surface area (Å²) in [6.07, 6.45) is 2.70. The molecule has 0 aliphatic carbocycles. The van der Waals surface area contributed by atoms with Crippen LogP contribution in [-0.4, -0.2) is 27.2 Å². The number of rotatable bonds is 5. The number of nitrogens with zero attached hydrogens (tertiary/aromatic N) is 3. The number of aryl methyl sites for hydroxylation is 1. The van der Waals surface area contributed by atoms with Crippen LogP contribution in [0.15, 0.2) is 29.4 Å². The zero-order valence-electron chi connectivity index (χ0n) is 11.8. The highest BCUT2D eigenvalue weighted by Crippen LogP contribution is 2.13. The first kappa shape index (κ1) is 14.5. The van der Waals surface area contributed by atoms with Crippen molar-refractivity contribution in [3.63, 3.8) is 0 Å². The number of H-pyrrole nitrogens is 1. The van der Waals surface area contributed by atoms with Crippen LogP contribution in [0.25, 0.3) is 0 Å². The third-order valence-corrected chi connectivity index (χ3v) is 2.87. The SMILES string of the molecule is CCc1n[nH]c(=S)n1/N=C/c1ccc(OC(C)C)cc1. The first-order valence-electron chi connectivity index (χ1n) is 6.57. The van der Waals surface area contributed by atoms with E-state index in [1.807, 2.05) is 45.0 Å². The van der Waals surface area contributed by atoms with Crippen LogP contribution in [0.5, 0.6) is 5.75 Å². The molecule has 2 aromatic rings. The minimum absolute atomic E-state index is 0.172.